The number of primary amides is 2. The van der Waals surface area contributed by atoms with Gasteiger partial charge in [0.15, 0.2) is 23.1 Å². The summed E-state index contributed by atoms with van der Waals surface area (Å²) in [6.45, 7) is 1.85. The largest absolute Gasteiger partial charge is 0.511 e. The number of aliphatic hydroxyl groups is 5. The molecule has 0 aromatic heterocycles. The zero-order chi connectivity index (χ0) is 43.3. The van der Waals surface area contributed by atoms with E-state index in [1.807, 2.05) is 38.1 Å². The molecule has 9 unspecified atom stereocenters. The van der Waals surface area contributed by atoms with E-state index in [9.17, 15) is 59.4 Å². The molecule has 0 saturated heterocycles. The van der Waals surface area contributed by atoms with Crippen LogP contribution in [-0.4, -0.2) is 111 Å². The number of benzene rings is 2. The van der Waals surface area contributed by atoms with Gasteiger partial charge < -0.3 is 47.0 Å². The molecular formula is C43H46N4O12. The minimum atomic E-state index is -1.27. The number of hydrogen-bond donors (Lipinski definition) is 8. The zero-order valence-electron chi connectivity index (χ0n) is 33.0. The number of rotatable bonds is 4. The van der Waals surface area contributed by atoms with Crippen LogP contribution in [0.5, 0.6) is 5.75 Å². The van der Waals surface area contributed by atoms with Crippen molar-refractivity contribution >= 4 is 52.2 Å². The maximum atomic E-state index is 13.6. The number of phenols is 1. The average Bonchev–Trinajstić information content (AvgIpc) is 3.14. The van der Waals surface area contributed by atoms with Crippen molar-refractivity contribution in [2.45, 2.75) is 44.2 Å². The number of aliphatic hydroxyl groups excluding tert-OH is 5. The third-order valence-corrected chi connectivity index (χ3v) is 13.0. The summed E-state index contributed by atoms with van der Waals surface area (Å²) in [6, 6.07) is 9.52. The zero-order valence-corrected chi connectivity index (χ0v) is 33.0. The Morgan fingerprint density at radius 1 is 0.729 bits per heavy atom. The van der Waals surface area contributed by atoms with E-state index in [2.05, 4.69) is 0 Å². The number of amides is 2. The Labute approximate surface area is 338 Å². The van der Waals surface area contributed by atoms with Gasteiger partial charge in [-0.05, 0) is 68.0 Å². The van der Waals surface area contributed by atoms with Gasteiger partial charge in [-0.2, -0.15) is 0 Å². The molecule has 9 atom stereocenters. The number of anilines is 1. The van der Waals surface area contributed by atoms with Crippen molar-refractivity contribution in [3.63, 3.8) is 0 Å². The van der Waals surface area contributed by atoms with Crippen LogP contribution in [0.1, 0.15) is 47.9 Å². The fourth-order valence-electron chi connectivity index (χ4n) is 10.5. The number of allylic oxidation sites excluding steroid dienone is 2. The molecule has 16 heteroatoms. The minimum absolute atomic E-state index is 0.0275. The van der Waals surface area contributed by atoms with Crippen LogP contribution in [0.15, 0.2) is 70.2 Å². The number of carbonyl (C=O) groups excluding carboxylic acids is 6. The number of nitrogens with zero attached hydrogens (tertiary/aromatic N) is 2. The Morgan fingerprint density at radius 3 is 1.97 bits per heavy atom. The monoisotopic (exact) mass is 810 g/mol. The molecule has 2 amide bonds. The van der Waals surface area contributed by atoms with Crippen molar-refractivity contribution in [2.75, 3.05) is 33.1 Å². The van der Waals surface area contributed by atoms with Gasteiger partial charge in [0.1, 0.15) is 39.9 Å². The maximum Gasteiger partial charge on any atom is 0.255 e. The molecule has 0 spiro atoms. The van der Waals surface area contributed by atoms with Crippen molar-refractivity contribution < 1.29 is 59.4 Å². The van der Waals surface area contributed by atoms with Gasteiger partial charge in [-0.1, -0.05) is 31.2 Å². The van der Waals surface area contributed by atoms with E-state index in [0.717, 1.165) is 11.3 Å². The molecule has 0 aliphatic heterocycles. The van der Waals surface area contributed by atoms with Gasteiger partial charge in [0.2, 0.25) is 0 Å². The lowest BCUT2D eigenvalue weighted by molar-refractivity contribution is -0.137. The second kappa shape index (κ2) is 14.5. The molecule has 59 heavy (non-hydrogen) atoms. The number of fused-ring (bicyclic) bond motifs is 6. The van der Waals surface area contributed by atoms with E-state index in [0.29, 0.717) is 24.0 Å². The first kappa shape index (κ1) is 40.9. The van der Waals surface area contributed by atoms with Crippen LogP contribution in [0.25, 0.3) is 11.5 Å². The van der Waals surface area contributed by atoms with E-state index < -0.39 is 105 Å². The van der Waals surface area contributed by atoms with Gasteiger partial charge >= 0.3 is 0 Å². The average molecular weight is 811 g/mol. The Hall–Kier alpha value is -6.26. The van der Waals surface area contributed by atoms with Crippen LogP contribution in [-0.2, 0) is 35.2 Å². The van der Waals surface area contributed by atoms with Gasteiger partial charge in [-0.15, -0.1) is 0 Å². The summed E-state index contributed by atoms with van der Waals surface area (Å²) in [5.41, 5.74) is 12.5. The quantitative estimate of drug-likeness (QED) is 0.162. The van der Waals surface area contributed by atoms with Gasteiger partial charge in [-0.3, -0.25) is 33.7 Å². The first-order valence-electron chi connectivity index (χ1n) is 19.2. The molecule has 16 nitrogen and oxygen atoms in total. The summed E-state index contributed by atoms with van der Waals surface area (Å²) in [4.78, 5) is 79.2. The lowest BCUT2D eigenvalue weighted by atomic mass is 9.57. The first-order chi connectivity index (χ1) is 27.7. The van der Waals surface area contributed by atoms with Gasteiger partial charge in [0.05, 0.1) is 29.5 Å². The predicted molar refractivity (Wildman–Crippen MR) is 211 cm³/mol. The number of aromatic hydroxyl groups is 1. The van der Waals surface area contributed by atoms with Crippen LogP contribution < -0.4 is 16.4 Å². The number of Topliss-reactive ketones (excluding diaryl/α,β-unsaturated/α-hetero) is 4. The van der Waals surface area contributed by atoms with E-state index in [1.54, 1.807) is 37.2 Å². The van der Waals surface area contributed by atoms with Crippen molar-refractivity contribution in [3.8, 4) is 5.75 Å². The van der Waals surface area contributed by atoms with E-state index in [-0.39, 0.29) is 46.3 Å². The Morgan fingerprint density at radius 2 is 1.36 bits per heavy atom. The van der Waals surface area contributed by atoms with Gasteiger partial charge in [0.25, 0.3) is 11.8 Å². The number of phenolic OH excluding ortho intramolecular Hbond substituents is 1. The predicted octanol–water partition coefficient (Wildman–Crippen LogP) is 2.05. The number of nitrogens with two attached hydrogens (primary N) is 2. The number of likely N-dealkylation sites (N-methyl/N-ethyl adjacent to an activating group) is 1. The number of carbonyl (C=O) groups is 6. The van der Waals surface area contributed by atoms with Crippen molar-refractivity contribution in [1.29, 1.82) is 0 Å². The summed E-state index contributed by atoms with van der Waals surface area (Å²) in [5.74, 6) is -12.1. The molecule has 10 N–H and O–H groups in total. The molecule has 2 saturated carbocycles. The van der Waals surface area contributed by atoms with Crippen molar-refractivity contribution in [3.05, 3.63) is 92.5 Å². The second-order valence-electron chi connectivity index (χ2n) is 16.6. The highest BCUT2D eigenvalue weighted by Crippen LogP contribution is 2.54. The number of ketones is 4. The van der Waals surface area contributed by atoms with Crippen molar-refractivity contribution in [2.24, 2.45) is 47.0 Å². The highest BCUT2D eigenvalue weighted by molar-refractivity contribution is 6.28. The highest BCUT2D eigenvalue weighted by Gasteiger charge is 2.58. The van der Waals surface area contributed by atoms with Crippen LogP contribution in [0.3, 0.4) is 0 Å². The summed E-state index contributed by atoms with van der Waals surface area (Å²) in [7, 11) is 7.08. The molecule has 6 aliphatic carbocycles. The standard InChI is InChI=1S/C23H27N3O6.C20H19NO6/c1-25(2)12-5-6-13(27)15-10(12)7-9-8-11-16(20(29)14(9)19(15)28)21(30)17(23(24)32)22(31)18(11)26(3)4;1-7-8-4-2-3-5-9(8)16(23)15-12(7)17(24)10-6-11(22)14(20(21)27)18(25)13(10)19(15)26/h5-6,9,11,16,18,27-28,31H,7-8H2,1-4H3,(H2,24,32);2-5,7,10,12-13,17,23-25H,6H2,1H3,(H2,21,27). The van der Waals surface area contributed by atoms with Crippen molar-refractivity contribution in [1.82, 2.24) is 4.90 Å². The molecule has 2 aromatic rings. The fourth-order valence-corrected chi connectivity index (χ4v) is 10.5. The van der Waals surface area contributed by atoms with Crippen LogP contribution in [0, 0.1) is 35.5 Å². The van der Waals surface area contributed by atoms with Crippen LogP contribution in [0.4, 0.5) is 5.69 Å². The molecule has 2 aromatic carbocycles. The van der Waals surface area contributed by atoms with Gasteiger partial charge in [0, 0.05) is 54.7 Å². The fraction of sp³-hybridized carbons (Fsp3) is 0.395. The van der Waals surface area contributed by atoms with E-state index >= 15 is 0 Å². The lowest BCUT2D eigenvalue weighted by Crippen LogP contribution is -2.55. The normalized spacial score (nSPS) is 29.8. The molecule has 6 aliphatic rings. The summed E-state index contributed by atoms with van der Waals surface area (Å²) in [5, 5.41) is 64.5. The third kappa shape index (κ3) is 6.03. The minimum Gasteiger partial charge on any atom is -0.511 e. The molecule has 310 valence electrons. The smallest absolute Gasteiger partial charge is 0.255 e. The summed E-state index contributed by atoms with van der Waals surface area (Å²) in [6.07, 6.45) is -0.692. The Balaban J connectivity index is 0.000000181. The van der Waals surface area contributed by atoms with E-state index in [4.69, 9.17) is 11.5 Å². The number of hydrogen-bond acceptors (Lipinski definition) is 14. The first-order valence-corrected chi connectivity index (χ1v) is 19.2. The molecular weight excluding hydrogens is 764 g/mol. The second-order valence-corrected chi connectivity index (χ2v) is 16.6. The van der Waals surface area contributed by atoms with E-state index in [1.165, 1.54) is 6.07 Å². The molecule has 0 radical (unpaired) electrons. The highest BCUT2D eigenvalue weighted by atomic mass is 16.3. The molecule has 2 fully saturated rings. The third-order valence-electron chi connectivity index (χ3n) is 13.0. The summed E-state index contributed by atoms with van der Waals surface area (Å²) < 4.78 is 0. The SMILES string of the molecule is CC1c2ccccc2C(O)=C2C(=O)C3C(O)=C(C(N)=O)C(=O)CC3C(O)C21.CN(C)c1ccc(O)c2c1CC1CC3C(C(=O)C(C(N)=O)=C(O)C3N(C)C)C(=O)C1=C2O. The van der Waals surface area contributed by atoms with Gasteiger partial charge in [-0.25, -0.2) is 0 Å². The van der Waals surface area contributed by atoms with Crippen LogP contribution in [0.2, 0.25) is 0 Å². The summed E-state index contributed by atoms with van der Waals surface area (Å²) >= 11 is 0. The lowest BCUT2D eigenvalue weighted by Gasteiger charge is -2.46. The molecule has 8 rings (SSSR count). The Kier molecular flexibility index (Phi) is 10.1. The molecule has 0 heterocycles. The Bertz CT molecular complexity index is 2410. The maximum absolute atomic E-state index is 13.6. The topological polar surface area (TPSA) is 282 Å². The van der Waals surface area contributed by atoms with Crippen LogP contribution >= 0.6 is 0 Å². The molecule has 0 bridgehead atoms.